The number of nitrogens with one attached hydrogen (secondary N) is 2. The van der Waals surface area contributed by atoms with Crippen LogP contribution in [0.25, 0.3) is 0 Å². The van der Waals surface area contributed by atoms with Gasteiger partial charge in [0.25, 0.3) is 0 Å². The average Bonchev–Trinajstić information content (AvgIpc) is 2.49. The molecule has 19 heavy (non-hydrogen) atoms. The van der Waals surface area contributed by atoms with Gasteiger partial charge in [-0.3, -0.25) is 0 Å². The number of anilines is 2. The van der Waals surface area contributed by atoms with Gasteiger partial charge in [0, 0.05) is 25.5 Å². The summed E-state index contributed by atoms with van der Waals surface area (Å²) in [6.07, 6.45) is 3.38. The van der Waals surface area contributed by atoms with E-state index >= 15 is 0 Å². The highest BCUT2D eigenvalue weighted by Gasteiger charge is 2.17. The summed E-state index contributed by atoms with van der Waals surface area (Å²) in [4.78, 5) is 12.8. The van der Waals surface area contributed by atoms with Crippen molar-refractivity contribution in [3.63, 3.8) is 0 Å². The van der Waals surface area contributed by atoms with Crippen molar-refractivity contribution in [3.8, 4) is 0 Å². The van der Waals surface area contributed by atoms with E-state index in [4.69, 9.17) is 4.74 Å². The lowest BCUT2D eigenvalue weighted by molar-refractivity contribution is 0.0251. The first-order valence-corrected chi connectivity index (χ1v) is 6.25. The fraction of sp³-hybridized carbons (Fsp3) is 0.308. The summed E-state index contributed by atoms with van der Waals surface area (Å²) in [6.45, 7) is 2.40. The minimum atomic E-state index is 0.00666. The standard InChI is InChI=1S/C13H15N5O/c1-3-10(11-9-14-7-8-19-11)17-12(4-1)18-13-15-5-2-6-16-13/h1-6,11,14H,7-9H2,(H,15,16,17,18). The van der Waals surface area contributed by atoms with Crippen molar-refractivity contribution in [2.75, 3.05) is 25.0 Å². The lowest BCUT2D eigenvalue weighted by Crippen LogP contribution is -2.33. The predicted octanol–water partition coefficient (Wildman–Crippen LogP) is 1.28. The molecule has 1 saturated heterocycles. The van der Waals surface area contributed by atoms with Crippen molar-refractivity contribution in [2.45, 2.75) is 6.10 Å². The lowest BCUT2D eigenvalue weighted by Gasteiger charge is -2.23. The van der Waals surface area contributed by atoms with E-state index in [0.717, 1.165) is 24.6 Å². The van der Waals surface area contributed by atoms with Crippen LogP contribution in [0.2, 0.25) is 0 Å². The summed E-state index contributed by atoms with van der Waals surface area (Å²) < 4.78 is 5.69. The van der Waals surface area contributed by atoms with E-state index in [0.29, 0.717) is 12.6 Å². The van der Waals surface area contributed by atoms with E-state index < -0.39 is 0 Å². The molecule has 6 nitrogen and oxygen atoms in total. The van der Waals surface area contributed by atoms with Crippen molar-refractivity contribution >= 4 is 11.8 Å². The van der Waals surface area contributed by atoms with E-state index in [-0.39, 0.29) is 6.10 Å². The lowest BCUT2D eigenvalue weighted by atomic mass is 10.2. The second-order valence-corrected chi connectivity index (χ2v) is 4.21. The number of hydrogen-bond donors (Lipinski definition) is 2. The van der Waals surface area contributed by atoms with Gasteiger partial charge in [0.2, 0.25) is 5.95 Å². The largest absolute Gasteiger partial charge is 0.369 e. The Morgan fingerprint density at radius 2 is 2.11 bits per heavy atom. The number of pyridine rings is 1. The molecule has 1 atom stereocenters. The van der Waals surface area contributed by atoms with E-state index in [2.05, 4.69) is 25.6 Å². The van der Waals surface area contributed by atoms with Crippen LogP contribution in [0.1, 0.15) is 11.8 Å². The Labute approximate surface area is 111 Å². The van der Waals surface area contributed by atoms with Crippen molar-refractivity contribution in [2.24, 2.45) is 0 Å². The maximum Gasteiger partial charge on any atom is 0.228 e. The fourth-order valence-electron chi connectivity index (χ4n) is 1.93. The van der Waals surface area contributed by atoms with Crippen molar-refractivity contribution in [1.29, 1.82) is 0 Å². The maximum absolute atomic E-state index is 5.69. The molecule has 1 aliphatic heterocycles. The van der Waals surface area contributed by atoms with Crippen LogP contribution in [-0.2, 0) is 4.74 Å². The number of morpholine rings is 1. The highest BCUT2D eigenvalue weighted by atomic mass is 16.5. The molecule has 0 saturated carbocycles. The predicted molar refractivity (Wildman–Crippen MR) is 71.1 cm³/mol. The molecule has 3 heterocycles. The molecule has 0 aromatic carbocycles. The molecular weight excluding hydrogens is 242 g/mol. The van der Waals surface area contributed by atoms with Gasteiger partial charge in [-0.15, -0.1) is 0 Å². The summed E-state index contributed by atoms with van der Waals surface area (Å²) >= 11 is 0. The SMILES string of the molecule is c1cnc(Nc2cccc(C3CNCCO3)n2)nc1. The molecule has 0 radical (unpaired) electrons. The molecule has 0 amide bonds. The Balaban J connectivity index is 1.76. The van der Waals surface area contributed by atoms with Crippen LogP contribution in [0.4, 0.5) is 11.8 Å². The van der Waals surface area contributed by atoms with Crippen molar-refractivity contribution in [1.82, 2.24) is 20.3 Å². The second kappa shape index (κ2) is 5.73. The summed E-state index contributed by atoms with van der Waals surface area (Å²) in [6, 6.07) is 7.58. The van der Waals surface area contributed by atoms with Gasteiger partial charge in [-0.1, -0.05) is 6.07 Å². The van der Waals surface area contributed by atoms with Gasteiger partial charge in [0.1, 0.15) is 11.9 Å². The monoisotopic (exact) mass is 257 g/mol. The first kappa shape index (κ1) is 12.0. The third-order valence-corrected chi connectivity index (χ3v) is 2.83. The van der Waals surface area contributed by atoms with Crippen LogP contribution < -0.4 is 10.6 Å². The van der Waals surface area contributed by atoms with Gasteiger partial charge in [-0.05, 0) is 18.2 Å². The molecule has 1 unspecified atom stereocenters. The number of aromatic nitrogens is 3. The first-order valence-electron chi connectivity index (χ1n) is 6.25. The molecule has 0 aliphatic carbocycles. The Morgan fingerprint density at radius 1 is 1.21 bits per heavy atom. The van der Waals surface area contributed by atoms with Crippen molar-refractivity contribution < 1.29 is 4.74 Å². The molecule has 1 fully saturated rings. The van der Waals surface area contributed by atoms with Crippen LogP contribution in [0.5, 0.6) is 0 Å². The Morgan fingerprint density at radius 3 is 2.89 bits per heavy atom. The molecule has 0 bridgehead atoms. The number of ether oxygens (including phenoxy) is 1. The average molecular weight is 257 g/mol. The Hall–Kier alpha value is -2.05. The molecule has 6 heteroatoms. The summed E-state index contributed by atoms with van der Waals surface area (Å²) in [5.74, 6) is 1.26. The van der Waals surface area contributed by atoms with E-state index in [1.165, 1.54) is 0 Å². The normalized spacial score (nSPS) is 19.1. The third kappa shape index (κ3) is 3.04. The van der Waals surface area contributed by atoms with Gasteiger partial charge in [0.15, 0.2) is 0 Å². The molecule has 2 aromatic heterocycles. The fourth-order valence-corrected chi connectivity index (χ4v) is 1.93. The van der Waals surface area contributed by atoms with E-state index in [1.54, 1.807) is 18.5 Å². The van der Waals surface area contributed by atoms with Gasteiger partial charge in [-0.2, -0.15) is 0 Å². The zero-order valence-electron chi connectivity index (χ0n) is 10.4. The molecule has 98 valence electrons. The maximum atomic E-state index is 5.69. The summed E-state index contributed by atoms with van der Waals surface area (Å²) in [5.41, 5.74) is 0.910. The van der Waals surface area contributed by atoms with Crippen molar-refractivity contribution in [3.05, 3.63) is 42.4 Å². The molecule has 2 N–H and O–H groups in total. The van der Waals surface area contributed by atoms with E-state index in [9.17, 15) is 0 Å². The zero-order valence-corrected chi connectivity index (χ0v) is 10.4. The molecule has 2 aromatic rings. The highest BCUT2D eigenvalue weighted by molar-refractivity contribution is 5.47. The zero-order chi connectivity index (χ0) is 12.9. The van der Waals surface area contributed by atoms with Crippen LogP contribution in [0, 0.1) is 0 Å². The molecular formula is C13H15N5O. The van der Waals surface area contributed by atoms with Gasteiger partial charge in [-0.25, -0.2) is 15.0 Å². The topological polar surface area (TPSA) is 72.0 Å². The smallest absolute Gasteiger partial charge is 0.228 e. The summed E-state index contributed by atoms with van der Waals surface area (Å²) in [7, 11) is 0. The van der Waals surface area contributed by atoms with Gasteiger partial charge >= 0.3 is 0 Å². The first-order chi connectivity index (χ1) is 9.42. The van der Waals surface area contributed by atoms with Gasteiger partial charge < -0.3 is 15.4 Å². The number of rotatable bonds is 3. The van der Waals surface area contributed by atoms with Crippen LogP contribution in [0.3, 0.4) is 0 Å². The second-order valence-electron chi connectivity index (χ2n) is 4.21. The van der Waals surface area contributed by atoms with Crippen LogP contribution in [-0.4, -0.2) is 34.6 Å². The molecule has 1 aliphatic rings. The van der Waals surface area contributed by atoms with Crippen LogP contribution in [0.15, 0.2) is 36.7 Å². The highest BCUT2D eigenvalue weighted by Crippen LogP contribution is 2.19. The van der Waals surface area contributed by atoms with E-state index in [1.807, 2.05) is 18.2 Å². The molecule has 0 spiro atoms. The Bertz CT molecular complexity index is 528. The number of hydrogen-bond acceptors (Lipinski definition) is 6. The van der Waals surface area contributed by atoms with Gasteiger partial charge in [0.05, 0.1) is 12.3 Å². The summed E-state index contributed by atoms with van der Waals surface area (Å²) in [5, 5.41) is 6.37. The third-order valence-electron chi connectivity index (χ3n) is 2.83. The minimum absolute atomic E-state index is 0.00666. The number of nitrogens with zero attached hydrogens (tertiary/aromatic N) is 3. The molecule has 3 rings (SSSR count). The Kier molecular flexibility index (Phi) is 3.62. The quantitative estimate of drug-likeness (QED) is 0.863. The van der Waals surface area contributed by atoms with Crippen LogP contribution >= 0.6 is 0 Å². The minimum Gasteiger partial charge on any atom is -0.369 e.